The number of nitrogens with one attached hydrogen (secondary N) is 1. The van der Waals surface area contributed by atoms with Crippen LogP contribution >= 0.6 is 0 Å². The highest BCUT2D eigenvalue weighted by Gasteiger charge is 2.09. The number of hydrogen-bond donors (Lipinski definition) is 1. The molecule has 1 N–H and O–H groups in total. The number of esters is 1. The largest absolute Gasteiger partial charge is 0.466 e. The van der Waals surface area contributed by atoms with Crippen LogP contribution in [0.5, 0.6) is 0 Å². The Hall–Kier alpha value is -2.17. The SMILES string of the molecule is CCOC(=O)CCCNC(=O)CCC(=O)c1ccccc1. The first kappa shape index (κ1) is 16.9. The van der Waals surface area contributed by atoms with Gasteiger partial charge in [0.2, 0.25) is 5.91 Å². The second-order valence-corrected chi connectivity index (χ2v) is 4.55. The zero-order chi connectivity index (χ0) is 15.5. The number of carbonyl (C=O) groups excluding carboxylic acids is 3. The molecule has 0 bridgehead atoms. The molecule has 0 aliphatic rings. The summed E-state index contributed by atoms with van der Waals surface area (Å²) >= 11 is 0. The minimum Gasteiger partial charge on any atom is -0.466 e. The summed E-state index contributed by atoms with van der Waals surface area (Å²) in [5.41, 5.74) is 0.618. The van der Waals surface area contributed by atoms with Gasteiger partial charge in [0.15, 0.2) is 5.78 Å². The second kappa shape index (κ2) is 9.69. The molecule has 0 radical (unpaired) electrons. The van der Waals surface area contributed by atoms with Crippen LogP contribution < -0.4 is 5.32 Å². The van der Waals surface area contributed by atoms with Crippen LogP contribution in [0.2, 0.25) is 0 Å². The fourth-order valence-electron chi connectivity index (χ4n) is 1.78. The third kappa shape index (κ3) is 7.25. The minimum absolute atomic E-state index is 0.0442. The van der Waals surface area contributed by atoms with Crippen molar-refractivity contribution >= 4 is 17.7 Å². The summed E-state index contributed by atoms with van der Waals surface area (Å²) in [7, 11) is 0. The maximum Gasteiger partial charge on any atom is 0.305 e. The van der Waals surface area contributed by atoms with Gasteiger partial charge >= 0.3 is 5.97 Å². The lowest BCUT2D eigenvalue weighted by atomic mass is 10.1. The summed E-state index contributed by atoms with van der Waals surface area (Å²) in [4.78, 5) is 34.4. The fraction of sp³-hybridized carbons (Fsp3) is 0.438. The lowest BCUT2D eigenvalue weighted by molar-refractivity contribution is -0.143. The van der Waals surface area contributed by atoms with Crippen molar-refractivity contribution in [2.24, 2.45) is 0 Å². The molecule has 0 aromatic heterocycles. The van der Waals surface area contributed by atoms with E-state index in [4.69, 9.17) is 4.74 Å². The van der Waals surface area contributed by atoms with Crippen molar-refractivity contribution in [2.75, 3.05) is 13.2 Å². The molecule has 0 saturated carbocycles. The van der Waals surface area contributed by atoms with Crippen LogP contribution in [0.4, 0.5) is 0 Å². The van der Waals surface area contributed by atoms with Crippen LogP contribution in [-0.4, -0.2) is 30.8 Å². The highest BCUT2D eigenvalue weighted by atomic mass is 16.5. The average Bonchev–Trinajstić information content (AvgIpc) is 2.50. The molecule has 1 amide bonds. The predicted molar refractivity (Wildman–Crippen MR) is 78.9 cm³/mol. The van der Waals surface area contributed by atoms with Crippen molar-refractivity contribution in [2.45, 2.75) is 32.6 Å². The molecule has 0 heterocycles. The Morgan fingerprint density at radius 2 is 1.76 bits per heavy atom. The van der Waals surface area contributed by atoms with E-state index in [0.717, 1.165) is 0 Å². The normalized spacial score (nSPS) is 9.95. The molecular weight excluding hydrogens is 270 g/mol. The lowest BCUT2D eigenvalue weighted by Gasteiger charge is -2.05. The molecule has 0 aliphatic heterocycles. The summed E-state index contributed by atoms with van der Waals surface area (Å²) in [6, 6.07) is 8.90. The van der Waals surface area contributed by atoms with Crippen LogP contribution in [-0.2, 0) is 14.3 Å². The van der Waals surface area contributed by atoms with Gasteiger partial charge in [-0.1, -0.05) is 30.3 Å². The van der Waals surface area contributed by atoms with Gasteiger partial charge in [0.05, 0.1) is 6.61 Å². The fourth-order valence-corrected chi connectivity index (χ4v) is 1.78. The molecule has 0 saturated heterocycles. The van der Waals surface area contributed by atoms with Gasteiger partial charge in [-0.25, -0.2) is 0 Å². The first-order chi connectivity index (χ1) is 10.1. The summed E-state index contributed by atoms with van der Waals surface area (Å²) in [5, 5.41) is 2.69. The molecule has 0 atom stereocenters. The smallest absolute Gasteiger partial charge is 0.305 e. The van der Waals surface area contributed by atoms with Gasteiger partial charge in [0.1, 0.15) is 0 Å². The molecule has 0 spiro atoms. The van der Waals surface area contributed by atoms with Crippen LogP contribution in [0.3, 0.4) is 0 Å². The molecule has 114 valence electrons. The molecular formula is C16H21NO4. The van der Waals surface area contributed by atoms with Crippen molar-refractivity contribution in [1.29, 1.82) is 0 Å². The van der Waals surface area contributed by atoms with E-state index in [9.17, 15) is 14.4 Å². The standard InChI is InChI=1S/C16H21NO4/c1-2-21-16(20)9-6-12-17-15(19)11-10-14(18)13-7-4-3-5-8-13/h3-5,7-8H,2,6,9-12H2,1H3,(H,17,19). The zero-order valence-corrected chi connectivity index (χ0v) is 12.3. The van der Waals surface area contributed by atoms with Gasteiger partial charge in [0.25, 0.3) is 0 Å². The molecule has 0 fully saturated rings. The molecule has 21 heavy (non-hydrogen) atoms. The van der Waals surface area contributed by atoms with Crippen molar-refractivity contribution in [3.05, 3.63) is 35.9 Å². The number of ether oxygens (including phenoxy) is 1. The van der Waals surface area contributed by atoms with E-state index in [2.05, 4.69) is 5.32 Å². The molecule has 1 aromatic carbocycles. The van der Waals surface area contributed by atoms with Crippen molar-refractivity contribution in [1.82, 2.24) is 5.32 Å². The highest BCUT2D eigenvalue weighted by molar-refractivity contribution is 5.97. The Labute approximate surface area is 124 Å². The number of amides is 1. The number of Topliss-reactive ketones (excluding diaryl/α,β-unsaturated/α-hetero) is 1. The van der Waals surface area contributed by atoms with E-state index in [0.29, 0.717) is 25.1 Å². The Kier molecular flexibility index (Phi) is 7.79. The number of hydrogen-bond acceptors (Lipinski definition) is 4. The van der Waals surface area contributed by atoms with Gasteiger partial charge in [0, 0.05) is 31.4 Å². The van der Waals surface area contributed by atoms with Crippen molar-refractivity contribution in [3.8, 4) is 0 Å². The summed E-state index contributed by atoms with van der Waals surface area (Å²) in [5.74, 6) is -0.480. The van der Waals surface area contributed by atoms with Crippen LogP contribution in [0.1, 0.15) is 43.0 Å². The Morgan fingerprint density at radius 3 is 2.43 bits per heavy atom. The van der Waals surface area contributed by atoms with E-state index in [1.54, 1.807) is 31.2 Å². The third-order valence-electron chi connectivity index (χ3n) is 2.86. The van der Waals surface area contributed by atoms with E-state index >= 15 is 0 Å². The Morgan fingerprint density at radius 1 is 1.05 bits per heavy atom. The number of ketones is 1. The quantitative estimate of drug-likeness (QED) is 0.429. The zero-order valence-electron chi connectivity index (χ0n) is 12.3. The molecule has 1 rings (SSSR count). The monoisotopic (exact) mass is 291 g/mol. The highest BCUT2D eigenvalue weighted by Crippen LogP contribution is 2.04. The van der Waals surface area contributed by atoms with Gasteiger partial charge < -0.3 is 10.1 Å². The van der Waals surface area contributed by atoms with Crippen LogP contribution in [0.25, 0.3) is 0 Å². The summed E-state index contributed by atoms with van der Waals surface area (Å²) in [6.07, 6.45) is 1.18. The number of rotatable bonds is 9. The molecule has 0 aliphatic carbocycles. The van der Waals surface area contributed by atoms with Crippen molar-refractivity contribution in [3.63, 3.8) is 0 Å². The van der Waals surface area contributed by atoms with Gasteiger partial charge in [-0.3, -0.25) is 14.4 Å². The van der Waals surface area contributed by atoms with Gasteiger partial charge in [-0.15, -0.1) is 0 Å². The predicted octanol–water partition coefficient (Wildman–Crippen LogP) is 2.11. The van der Waals surface area contributed by atoms with Crippen LogP contribution in [0, 0.1) is 0 Å². The third-order valence-corrected chi connectivity index (χ3v) is 2.86. The number of benzene rings is 1. The maximum atomic E-state index is 11.8. The summed E-state index contributed by atoms with van der Waals surface area (Å²) in [6.45, 7) is 2.54. The first-order valence-corrected chi connectivity index (χ1v) is 7.14. The van der Waals surface area contributed by atoms with E-state index in [1.807, 2.05) is 6.07 Å². The van der Waals surface area contributed by atoms with Crippen molar-refractivity contribution < 1.29 is 19.1 Å². The van der Waals surface area contributed by atoms with Gasteiger partial charge in [-0.05, 0) is 13.3 Å². The Bertz CT molecular complexity index is 470. The minimum atomic E-state index is -0.258. The maximum absolute atomic E-state index is 11.8. The van der Waals surface area contributed by atoms with E-state index in [-0.39, 0.29) is 36.9 Å². The topological polar surface area (TPSA) is 72.5 Å². The molecule has 5 nitrogen and oxygen atoms in total. The van der Waals surface area contributed by atoms with Crippen LogP contribution in [0.15, 0.2) is 30.3 Å². The first-order valence-electron chi connectivity index (χ1n) is 7.14. The second-order valence-electron chi connectivity index (χ2n) is 4.55. The number of carbonyl (C=O) groups is 3. The summed E-state index contributed by atoms with van der Waals surface area (Å²) < 4.78 is 4.78. The molecule has 5 heteroatoms. The van der Waals surface area contributed by atoms with Gasteiger partial charge in [-0.2, -0.15) is 0 Å². The molecule has 1 aromatic rings. The van der Waals surface area contributed by atoms with E-state index in [1.165, 1.54) is 0 Å². The van der Waals surface area contributed by atoms with E-state index < -0.39 is 0 Å². The lowest BCUT2D eigenvalue weighted by Crippen LogP contribution is -2.25. The Balaban J connectivity index is 2.14. The average molecular weight is 291 g/mol. The molecule has 0 unspecified atom stereocenters.